The van der Waals surface area contributed by atoms with E-state index in [1.807, 2.05) is 50.2 Å². The molecule has 0 bridgehead atoms. The Bertz CT molecular complexity index is 1300. The number of anilines is 2. The fourth-order valence-electron chi connectivity index (χ4n) is 4.33. The van der Waals surface area contributed by atoms with Crippen molar-refractivity contribution in [2.75, 3.05) is 43.5 Å². The maximum absolute atomic E-state index is 13.4. The Balaban J connectivity index is 1.35. The Morgan fingerprint density at radius 3 is 2.67 bits per heavy atom. The molecule has 11 nitrogen and oxygen atoms in total. The molecule has 186 valence electrons. The minimum absolute atomic E-state index is 0.0486. The van der Waals surface area contributed by atoms with E-state index in [9.17, 15) is 9.59 Å². The van der Waals surface area contributed by atoms with Gasteiger partial charge in [-0.3, -0.25) is 9.59 Å². The number of carbonyl (C=O) groups excluding carboxylic acids is 2. The second-order valence-corrected chi connectivity index (χ2v) is 8.69. The fraction of sp³-hybridized carbons (Fsp3) is 0.320. The van der Waals surface area contributed by atoms with Crippen LogP contribution in [-0.4, -0.2) is 69.8 Å². The Hall–Kier alpha value is -4.25. The van der Waals surface area contributed by atoms with Crippen LogP contribution in [-0.2, 0) is 14.3 Å². The topological polar surface area (TPSA) is 124 Å². The van der Waals surface area contributed by atoms with Crippen LogP contribution >= 0.6 is 0 Å². The van der Waals surface area contributed by atoms with Crippen molar-refractivity contribution in [2.24, 2.45) is 0 Å². The lowest BCUT2D eigenvalue weighted by atomic mass is 9.95. The van der Waals surface area contributed by atoms with Crippen LogP contribution in [0, 0.1) is 6.92 Å². The summed E-state index contributed by atoms with van der Waals surface area (Å²) in [5.41, 5.74) is 3.69. The number of aromatic nitrogens is 4. The summed E-state index contributed by atoms with van der Waals surface area (Å²) >= 11 is 0. The van der Waals surface area contributed by atoms with Gasteiger partial charge in [-0.2, -0.15) is 4.68 Å². The molecule has 1 aromatic heterocycles. The summed E-state index contributed by atoms with van der Waals surface area (Å²) in [7, 11) is 0. The third kappa shape index (κ3) is 4.91. The summed E-state index contributed by atoms with van der Waals surface area (Å²) in [6.07, 6.45) is 0. The summed E-state index contributed by atoms with van der Waals surface area (Å²) in [4.78, 5) is 27.5. The third-order valence-electron chi connectivity index (χ3n) is 6.16. The van der Waals surface area contributed by atoms with Crippen LogP contribution in [0.2, 0.25) is 0 Å². The van der Waals surface area contributed by atoms with Crippen LogP contribution in [0.5, 0.6) is 5.75 Å². The number of tetrazole rings is 1. The van der Waals surface area contributed by atoms with Crippen LogP contribution in [0.1, 0.15) is 24.1 Å². The van der Waals surface area contributed by atoms with Crippen LogP contribution in [0.25, 0.3) is 0 Å². The summed E-state index contributed by atoms with van der Waals surface area (Å²) in [5, 5.41) is 18.0. The van der Waals surface area contributed by atoms with Gasteiger partial charge in [-0.1, -0.05) is 29.4 Å². The van der Waals surface area contributed by atoms with Gasteiger partial charge in [0, 0.05) is 24.5 Å². The first kappa shape index (κ1) is 23.5. The number of fused-ring (bicyclic) bond motifs is 1. The van der Waals surface area contributed by atoms with Crippen molar-refractivity contribution < 1.29 is 19.1 Å². The molecule has 2 aromatic carbocycles. The van der Waals surface area contributed by atoms with E-state index < -0.39 is 6.04 Å². The molecule has 0 aliphatic carbocycles. The third-order valence-corrected chi connectivity index (χ3v) is 6.16. The van der Waals surface area contributed by atoms with Crippen molar-refractivity contribution in [2.45, 2.75) is 19.9 Å². The molecule has 1 saturated heterocycles. The molecular weight excluding hydrogens is 462 g/mol. The van der Waals surface area contributed by atoms with E-state index in [4.69, 9.17) is 9.47 Å². The molecule has 1 unspecified atom stereocenters. The zero-order valence-corrected chi connectivity index (χ0v) is 20.1. The average Bonchev–Trinajstić information content (AvgIpc) is 3.35. The van der Waals surface area contributed by atoms with Crippen LogP contribution < -0.4 is 15.4 Å². The summed E-state index contributed by atoms with van der Waals surface area (Å²) in [6.45, 7) is 5.98. The number of carbonyl (C=O) groups is 2. The largest absolute Gasteiger partial charge is 0.484 e. The first-order valence-electron chi connectivity index (χ1n) is 11.7. The van der Waals surface area contributed by atoms with E-state index >= 15 is 0 Å². The molecule has 0 spiro atoms. The van der Waals surface area contributed by atoms with Crippen molar-refractivity contribution in [3.05, 3.63) is 70.9 Å². The lowest BCUT2D eigenvalue weighted by Gasteiger charge is -2.28. The monoisotopic (exact) mass is 489 g/mol. The van der Waals surface area contributed by atoms with Crippen LogP contribution in [0.4, 0.5) is 11.6 Å². The zero-order chi connectivity index (χ0) is 25.1. The minimum atomic E-state index is -0.551. The predicted octanol–water partition coefficient (Wildman–Crippen LogP) is 2.15. The molecule has 1 fully saturated rings. The van der Waals surface area contributed by atoms with Gasteiger partial charge in [0.25, 0.3) is 11.8 Å². The lowest BCUT2D eigenvalue weighted by molar-refractivity contribution is -0.137. The molecule has 2 N–H and O–H groups in total. The summed E-state index contributed by atoms with van der Waals surface area (Å²) in [6, 6.07) is 14.3. The van der Waals surface area contributed by atoms with E-state index in [2.05, 4.69) is 26.2 Å². The van der Waals surface area contributed by atoms with Crippen molar-refractivity contribution in [3.8, 4) is 5.75 Å². The normalized spacial score (nSPS) is 17.3. The zero-order valence-electron chi connectivity index (χ0n) is 20.1. The predicted molar refractivity (Wildman–Crippen MR) is 131 cm³/mol. The molecule has 1 atom stereocenters. The summed E-state index contributed by atoms with van der Waals surface area (Å²) < 4.78 is 12.6. The number of nitrogens with one attached hydrogen (secondary N) is 2. The van der Waals surface area contributed by atoms with Gasteiger partial charge in [0.05, 0.1) is 18.8 Å². The second-order valence-electron chi connectivity index (χ2n) is 8.69. The van der Waals surface area contributed by atoms with Crippen molar-refractivity contribution in [1.29, 1.82) is 0 Å². The first-order chi connectivity index (χ1) is 17.5. The number of rotatable bonds is 6. The van der Waals surface area contributed by atoms with Gasteiger partial charge in [-0.25, -0.2) is 0 Å². The minimum Gasteiger partial charge on any atom is -0.484 e. The number of ether oxygens (including phenoxy) is 2. The van der Waals surface area contributed by atoms with E-state index in [-0.39, 0.29) is 18.4 Å². The molecule has 3 heterocycles. The lowest BCUT2D eigenvalue weighted by Crippen LogP contribution is -2.42. The Labute approximate surface area is 208 Å². The molecule has 2 aliphatic heterocycles. The quantitative estimate of drug-likeness (QED) is 0.540. The van der Waals surface area contributed by atoms with Crippen LogP contribution in [0.15, 0.2) is 59.8 Å². The molecule has 11 heteroatoms. The van der Waals surface area contributed by atoms with Gasteiger partial charge >= 0.3 is 0 Å². The highest BCUT2D eigenvalue weighted by atomic mass is 16.5. The van der Waals surface area contributed by atoms with Crippen LogP contribution in [0.3, 0.4) is 0 Å². The number of morpholine rings is 1. The number of benzene rings is 2. The van der Waals surface area contributed by atoms with E-state index in [0.717, 1.165) is 11.1 Å². The molecule has 0 saturated carbocycles. The Morgan fingerprint density at radius 1 is 1.14 bits per heavy atom. The number of hydrogen-bond donors (Lipinski definition) is 2. The van der Waals surface area contributed by atoms with Gasteiger partial charge in [0.1, 0.15) is 11.8 Å². The smallest absolute Gasteiger partial charge is 0.260 e. The molecule has 36 heavy (non-hydrogen) atoms. The fourth-order valence-corrected chi connectivity index (χ4v) is 4.33. The van der Waals surface area contributed by atoms with Gasteiger partial charge < -0.3 is 25.0 Å². The van der Waals surface area contributed by atoms with Crippen molar-refractivity contribution in [1.82, 2.24) is 25.1 Å². The number of nitrogens with zero attached hydrogens (tertiary/aromatic N) is 5. The van der Waals surface area contributed by atoms with Gasteiger partial charge in [0.2, 0.25) is 5.95 Å². The van der Waals surface area contributed by atoms with Gasteiger partial charge in [-0.15, -0.1) is 0 Å². The maximum Gasteiger partial charge on any atom is 0.260 e. The number of aryl methyl sites for hydroxylation is 1. The second kappa shape index (κ2) is 10.2. The number of amides is 2. The van der Waals surface area contributed by atoms with Gasteiger partial charge in [0.15, 0.2) is 6.61 Å². The molecule has 2 amide bonds. The molecular formula is C25H27N7O4. The highest BCUT2D eigenvalue weighted by Crippen LogP contribution is 2.35. The Kier molecular flexibility index (Phi) is 6.63. The van der Waals surface area contributed by atoms with E-state index in [0.29, 0.717) is 55.0 Å². The summed E-state index contributed by atoms with van der Waals surface area (Å²) in [5.74, 6) is 0.666. The first-order valence-corrected chi connectivity index (χ1v) is 11.7. The van der Waals surface area contributed by atoms with Gasteiger partial charge in [-0.05, 0) is 59.7 Å². The average molecular weight is 490 g/mol. The number of hydrogen-bond acceptors (Lipinski definition) is 8. The maximum atomic E-state index is 13.4. The molecule has 5 rings (SSSR count). The number of allylic oxidation sites excluding steroid dienone is 1. The molecule has 2 aliphatic rings. The van der Waals surface area contributed by atoms with E-state index in [1.165, 1.54) is 0 Å². The Morgan fingerprint density at radius 2 is 1.92 bits per heavy atom. The van der Waals surface area contributed by atoms with Crippen molar-refractivity contribution in [3.63, 3.8) is 0 Å². The highest BCUT2D eigenvalue weighted by Gasteiger charge is 2.34. The van der Waals surface area contributed by atoms with Crippen molar-refractivity contribution >= 4 is 23.5 Å². The molecule has 3 aromatic rings. The molecule has 0 radical (unpaired) electrons. The standard InChI is InChI=1S/C25H27N7O4/c1-16-4-3-5-19(14-16)27-24(34)22-17(2)26-25-28-29-30-32(25)23(22)18-6-8-20(9-7-18)36-15-21(33)31-10-12-35-13-11-31/h3-9,14,23H,10-13,15H2,1-2H3,(H,27,34)(H,26,28,30). The van der Waals surface area contributed by atoms with E-state index in [1.54, 1.807) is 21.7 Å². The SMILES string of the molecule is CC1=C(C(=O)Nc2cccc(C)c2)C(c2ccc(OCC(=O)N3CCOCC3)cc2)n2nnnc2N1. The highest BCUT2D eigenvalue weighted by molar-refractivity contribution is 6.06.